The van der Waals surface area contributed by atoms with Crippen molar-refractivity contribution in [1.29, 1.82) is 0 Å². The summed E-state index contributed by atoms with van der Waals surface area (Å²) in [6.07, 6.45) is 0. The Bertz CT molecular complexity index is 605. The second-order valence-electron chi connectivity index (χ2n) is 4.58. The van der Waals surface area contributed by atoms with Gasteiger partial charge in [-0.3, -0.25) is 4.79 Å². The van der Waals surface area contributed by atoms with Crippen molar-refractivity contribution < 1.29 is 9.53 Å². The van der Waals surface area contributed by atoms with Crippen molar-refractivity contribution in [2.45, 2.75) is 19.9 Å². The summed E-state index contributed by atoms with van der Waals surface area (Å²) in [5.74, 6) is 0.385. The van der Waals surface area contributed by atoms with Crippen LogP contribution < -0.4 is 15.8 Å². The molecule has 0 fully saturated rings. The van der Waals surface area contributed by atoms with Gasteiger partial charge in [0.25, 0.3) is 0 Å². The summed E-state index contributed by atoms with van der Waals surface area (Å²) in [5.41, 5.74) is 7.30. The van der Waals surface area contributed by atoms with Crippen LogP contribution in [0.4, 0.5) is 5.69 Å². The topological polar surface area (TPSA) is 64.3 Å². The van der Waals surface area contributed by atoms with Crippen LogP contribution in [0.25, 0.3) is 0 Å². The number of aryl methyl sites for hydroxylation is 2. The standard InChI is InChI=1S/C15H18N2O2S/c1-9-8-13(10(2)20-9)14(15(16)18)17-11-4-6-12(19-3)7-5-11/h4-8,14,17H,1-3H3,(H2,16,18). The maximum Gasteiger partial charge on any atom is 0.244 e. The Hall–Kier alpha value is -2.01. The van der Waals surface area contributed by atoms with E-state index in [2.05, 4.69) is 5.32 Å². The number of amides is 1. The summed E-state index contributed by atoms with van der Waals surface area (Å²) < 4.78 is 5.11. The minimum atomic E-state index is -0.520. The third-order valence-electron chi connectivity index (χ3n) is 3.08. The van der Waals surface area contributed by atoms with Crippen LogP contribution in [0.15, 0.2) is 30.3 Å². The first kappa shape index (κ1) is 14.4. The largest absolute Gasteiger partial charge is 0.497 e. The molecule has 0 bridgehead atoms. The molecule has 0 saturated carbocycles. The summed E-state index contributed by atoms with van der Waals surface area (Å²) in [6.45, 7) is 4.02. The Morgan fingerprint density at radius 1 is 1.30 bits per heavy atom. The highest BCUT2D eigenvalue weighted by Gasteiger charge is 2.21. The van der Waals surface area contributed by atoms with Crippen LogP contribution in [0.2, 0.25) is 0 Å². The molecule has 1 aromatic carbocycles. The molecule has 1 aromatic heterocycles. The lowest BCUT2D eigenvalue weighted by Gasteiger charge is -2.17. The van der Waals surface area contributed by atoms with Gasteiger partial charge in [-0.1, -0.05) is 0 Å². The summed E-state index contributed by atoms with van der Waals surface area (Å²) in [4.78, 5) is 14.0. The number of carbonyl (C=O) groups is 1. The van der Waals surface area contributed by atoms with E-state index in [0.717, 1.165) is 21.9 Å². The smallest absolute Gasteiger partial charge is 0.244 e. The zero-order chi connectivity index (χ0) is 14.7. The van der Waals surface area contributed by atoms with Crippen molar-refractivity contribution in [1.82, 2.24) is 0 Å². The number of nitrogens with one attached hydrogen (secondary N) is 1. The van der Waals surface area contributed by atoms with Crippen LogP contribution in [0.3, 0.4) is 0 Å². The van der Waals surface area contributed by atoms with E-state index in [1.54, 1.807) is 18.4 Å². The molecule has 0 spiro atoms. The van der Waals surface area contributed by atoms with Crippen LogP contribution in [0, 0.1) is 13.8 Å². The van der Waals surface area contributed by atoms with E-state index >= 15 is 0 Å². The molecule has 3 N–H and O–H groups in total. The fourth-order valence-corrected chi connectivity index (χ4v) is 3.06. The third kappa shape index (κ3) is 3.11. The number of methoxy groups -OCH3 is 1. The number of benzene rings is 1. The molecule has 2 aromatic rings. The van der Waals surface area contributed by atoms with E-state index in [1.165, 1.54) is 4.88 Å². The lowest BCUT2D eigenvalue weighted by Crippen LogP contribution is -2.27. The molecule has 1 amide bonds. The third-order valence-corrected chi connectivity index (χ3v) is 4.06. The summed E-state index contributed by atoms with van der Waals surface area (Å²) in [7, 11) is 1.62. The Balaban J connectivity index is 2.25. The predicted molar refractivity (Wildman–Crippen MR) is 82.3 cm³/mol. The molecule has 20 heavy (non-hydrogen) atoms. The van der Waals surface area contributed by atoms with Gasteiger partial charge in [-0.15, -0.1) is 11.3 Å². The number of thiophene rings is 1. The molecule has 0 aliphatic rings. The SMILES string of the molecule is COc1ccc(NC(C(N)=O)c2cc(C)sc2C)cc1. The molecule has 1 heterocycles. The highest BCUT2D eigenvalue weighted by molar-refractivity contribution is 7.12. The second-order valence-corrected chi connectivity index (χ2v) is 6.04. The van der Waals surface area contributed by atoms with Gasteiger partial charge in [-0.25, -0.2) is 0 Å². The molecule has 106 valence electrons. The number of rotatable bonds is 5. The molecule has 0 aliphatic carbocycles. The van der Waals surface area contributed by atoms with Gasteiger partial charge in [0.1, 0.15) is 11.8 Å². The number of hydrogen-bond acceptors (Lipinski definition) is 4. The fourth-order valence-electron chi connectivity index (χ4n) is 2.09. The van der Waals surface area contributed by atoms with Gasteiger partial charge in [-0.05, 0) is 49.7 Å². The first-order chi connectivity index (χ1) is 9.51. The lowest BCUT2D eigenvalue weighted by molar-refractivity contribution is -0.118. The van der Waals surface area contributed by atoms with Gasteiger partial charge < -0.3 is 15.8 Å². The molecular weight excluding hydrogens is 272 g/mol. The molecule has 2 rings (SSSR count). The first-order valence-corrected chi connectivity index (χ1v) is 7.09. The van der Waals surface area contributed by atoms with Crippen LogP contribution in [-0.4, -0.2) is 13.0 Å². The quantitative estimate of drug-likeness (QED) is 0.889. The molecule has 0 aliphatic heterocycles. The fraction of sp³-hybridized carbons (Fsp3) is 0.267. The monoisotopic (exact) mass is 290 g/mol. The normalized spacial score (nSPS) is 11.9. The van der Waals surface area contributed by atoms with E-state index in [0.29, 0.717) is 0 Å². The van der Waals surface area contributed by atoms with E-state index in [4.69, 9.17) is 10.5 Å². The number of anilines is 1. The molecule has 4 nitrogen and oxygen atoms in total. The van der Waals surface area contributed by atoms with Crippen molar-refractivity contribution in [3.8, 4) is 5.75 Å². The summed E-state index contributed by atoms with van der Waals surface area (Å²) in [5, 5.41) is 3.18. The zero-order valence-corrected chi connectivity index (χ0v) is 12.6. The van der Waals surface area contributed by atoms with Crippen molar-refractivity contribution in [2.75, 3.05) is 12.4 Å². The van der Waals surface area contributed by atoms with Crippen molar-refractivity contribution in [3.63, 3.8) is 0 Å². The number of nitrogens with two attached hydrogens (primary N) is 1. The van der Waals surface area contributed by atoms with Gasteiger partial charge in [0.15, 0.2) is 0 Å². The molecular formula is C15H18N2O2S. The Kier molecular flexibility index (Phi) is 4.29. The average Bonchev–Trinajstić information content (AvgIpc) is 2.75. The van der Waals surface area contributed by atoms with Crippen LogP contribution in [0.5, 0.6) is 5.75 Å². The molecule has 0 radical (unpaired) electrons. The number of hydrogen-bond donors (Lipinski definition) is 2. The number of primary amides is 1. The van der Waals surface area contributed by atoms with Crippen molar-refractivity contribution in [2.24, 2.45) is 5.73 Å². The van der Waals surface area contributed by atoms with Crippen LogP contribution in [0.1, 0.15) is 21.4 Å². The van der Waals surface area contributed by atoms with Gasteiger partial charge in [0, 0.05) is 15.4 Å². The Morgan fingerprint density at radius 3 is 2.40 bits per heavy atom. The first-order valence-electron chi connectivity index (χ1n) is 6.28. The molecule has 1 atom stereocenters. The molecule has 5 heteroatoms. The van der Waals surface area contributed by atoms with Crippen molar-refractivity contribution in [3.05, 3.63) is 45.6 Å². The maximum atomic E-state index is 11.7. The maximum absolute atomic E-state index is 11.7. The van der Waals surface area contributed by atoms with Crippen molar-refractivity contribution >= 4 is 22.9 Å². The van der Waals surface area contributed by atoms with E-state index in [-0.39, 0.29) is 5.91 Å². The Morgan fingerprint density at radius 2 is 1.95 bits per heavy atom. The Labute approximate surface area is 122 Å². The molecule has 1 unspecified atom stereocenters. The predicted octanol–water partition coefficient (Wildman–Crippen LogP) is 3.01. The summed E-state index contributed by atoms with van der Waals surface area (Å²) >= 11 is 1.66. The highest BCUT2D eigenvalue weighted by Crippen LogP contribution is 2.29. The molecule has 0 saturated heterocycles. The van der Waals surface area contributed by atoms with Crippen LogP contribution >= 0.6 is 11.3 Å². The van der Waals surface area contributed by atoms with Gasteiger partial charge in [-0.2, -0.15) is 0 Å². The van der Waals surface area contributed by atoms with E-state index in [9.17, 15) is 4.79 Å². The average molecular weight is 290 g/mol. The van der Waals surface area contributed by atoms with Gasteiger partial charge in [0.2, 0.25) is 5.91 Å². The van der Waals surface area contributed by atoms with Crippen LogP contribution in [-0.2, 0) is 4.79 Å². The summed E-state index contributed by atoms with van der Waals surface area (Å²) in [6, 6.07) is 8.89. The van der Waals surface area contributed by atoms with Gasteiger partial charge in [0.05, 0.1) is 7.11 Å². The van der Waals surface area contributed by atoms with E-state index < -0.39 is 6.04 Å². The number of ether oxygens (including phenoxy) is 1. The second kappa shape index (κ2) is 5.96. The minimum Gasteiger partial charge on any atom is -0.497 e. The van der Waals surface area contributed by atoms with Gasteiger partial charge >= 0.3 is 0 Å². The van der Waals surface area contributed by atoms with E-state index in [1.807, 2.05) is 44.2 Å². The number of carbonyl (C=O) groups excluding carboxylic acids is 1. The highest BCUT2D eigenvalue weighted by atomic mass is 32.1. The minimum absolute atomic E-state index is 0.387. The zero-order valence-electron chi connectivity index (χ0n) is 11.8. The lowest BCUT2D eigenvalue weighted by atomic mass is 10.1.